The Morgan fingerprint density at radius 1 is 1.20 bits per heavy atom. The van der Waals surface area contributed by atoms with E-state index in [4.69, 9.17) is 0 Å². The van der Waals surface area contributed by atoms with Crippen LogP contribution < -0.4 is 0 Å². The van der Waals surface area contributed by atoms with Gasteiger partial charge in [0.25, 0.3) is 0 Å². The van der Waals surface area contributed by atoms with Crippen molar-refractivity contribution in [3.8, 4) is 0 Å². The van der Waals surface area contributed by atoms with Crippen molar-refractivity contribution >= 4 is 23.5 Å². The van der Waals surface area contributed by atoms with Crippen molar-refractivity contribution in [2.24, 2.45) is 0 Å². The van der Waals surface area contributed by atoms with Gasteiger partial charge in [-0.2, -0.15) is 0 Å². The lowest BCUT2D eigenvalue weighted by Gasteiger charge is -1.94. The van der Waals surface area contributed by atoms with Crippen molar-refractivity contribution in [1.29, 1.82) is 0 Å². The van der Waals surface area contributed by atoms with Crippen LogP contribution in [-0.2, 0) is 0 Å². The second-order valence-electron chi connectivity index (χ2n) is 1.70. The summed E-state index contributed by atoms with van der Waals surface area (Å²) in [7, 11) is 0. The highest BCUT2D eigenvalue weighted by atomic mass is 32.2. The van der Waals surface area contributed by atoms with E-state index in [1.807, 2.05) is 24.5 Å². The molecule has 0 bridgehead atoms. The highest BCUT2D eigenvalue weighted by Crippen LogP contribution is 2.24. The first-order valence-corrected chi connectivity index (χ1v) is 4.97. The average molecular weight is 168 g/mol. The van der Waals surface area contributed by atoms with Gasteiger partial charge in [-0.25, -0.2) is 0 Å². The maximum atomic E-state index is 3.10. The molecule has 0 saturated carbocycles. The molecule has 0 N–H and O–H groups in total. The van der Waals surface area contributed by atoms with Crippen LogP contribution in [0, 0.1) is 5.08 Å². The van der Waals surface area contributed by atoms with Crippen LogP contribution in [0.15, 0.2) is 35.2 Å². The summed E-state index contributed by atoms with van der Waals surface area (Å²) in [6.07, 6.45) is 2.01. The van der Waals surface area contributed by atoms with Gasteiger partial charge in [0, 0.05) is 4.90 Å². The van der Waals surface area contributed by atoms with Gasteiger partial charge in [-0.05, 0) is 18.4 Å². The molecule has 52 valence electrons. The Morgan fingerprint density at radius 3 is 2.50 bits per heavy atom. The van der Waals surface area contributed by atoms with Crippen molar-refractivity contribution < 1.29 is 0 Å². The smallest absolute Gasteiger partial charge is 0.118 e. The minimum absolute atomic E-state index is 1.25. The van der Waals surface area contributed by atoms with Crippen molar-refractivity contribution in [3.05, 3.63) is 35.4 Å². The third-order valence-corrected chi connectivity index (χ3v) is 2.49. The number of hydrogen-bond donors (Lipinski definition) is 0. The Hall–Kier alpha value is -0.0800. The Bertz CT molecular complexity index is 172. The lowest BCUT2D eigenvalue weighted by Crippen LogP contribution is -1.65. The third-order valence-electron chi connectivity index (χ3n) is 0.986. The monoisotopic (exact) mass is 168 g/mol. The second-order valence-corrected chi connectivity index (χ2v) is 3.45. The quantitative estimate of drug-likeness (QED) is 0.636. The largest absolute Gasteiger partial charge is 0.142 e. The zero-order valence-electron chi connectivity index (χ0n) is 5.70. The molecular formula is C8H8S2. The summed E-state index contributed by atoms with van der Waals surface area (Å²) in [5.74, 6) is 0. The summed E-state index contributed by atoms with van der Waals surface area (Å²) >= 11 is 3.24. The summed E-state index contributed by atoms with van der Waals surface area (Å²) < 4.78 is 0. The Kier molecular flexibility index (Phi) is 3.76. The molecule has 0 aliphatic heterocycles. The number of hydrogen-bond acceptors (Lipinski definition) is 2. The molecule has 0 spiro atoms. The fourth-order valence-electron chi connectivity index (χ4n) is 0.578. The number of thioether (sulfide) groups is 2. The highest BCUT2D eigenvalue weighted by Gasteiger charge is 1.89. The van der Waals surface area contributed by atoms with Gasteiger partial charge < -0.3 is 0 Å². The predicted octanol–water partition coefficient (Wildman–Crippen LogP) is 3.14. The third kappa shape index (κ3) is 2.67. The van der Waals surface area contributed by atoms with Gasteiger partial charge >= 0.3 is 0 Å². The SMILES string of the molecule is CS[C]Sc1ccccc1. The van der Waals surface area contributed by atoms with E-state index in [1.54, 1.807) is 23.5 Å². The van der Waals surface area contributed by atoms with E-state index in [0.29, 0.717) is 0 Å². The molecule has 2 heteroatoms. The Morgan fingerprint density at radius 2 is 1.90 bits per heavy atom. The van der Waals surface area contributed by atoms with E-state index in [2.05, 4.69) is 17.2 Å². The molecule has 0 unspecified atom stereocenters. The molecule has 0 aliphatic carbocycles. The molecular weight excluding hydrogens is 160 g/mol. The molecule has 0 aliphatic rings. The fraction of sp³-hybridized carbons (Fsp3) is 0.125. The van der Waals surface area contributed by atoms with Crippen molar-refractivity contribution in [2.75, 3.05) is 6.26 Å². The van der Waals surface area contributed by atoms with E-state index in [0.717, 1.165) is 0 Å². The minimum atomic E-state index is 1.25. The van der Waals surface area contributed by atoms with Gasteiger partial charge in [-0.3, -0.25) is 0 Å². The van der Waals surface area contributed by atoms with Gasteiger partial charge in [0.1, 0.15) is 5.08 Å². The summed E-state index contributed by atoms with van der Waals surface area (Å²) in [5, 5.41) is 3.10. The Labute approximate surface area is 70.4 Å². The molecule has 0 nitrogen and oxygen atoms in total. The average Bonchev–Trinajstić information content (AvgIpc) is 2.03. The first kappa shape index (κ1) is 8.02. The van der Waals surface area contributed by atoms with Gasteiger partial charge in [0.2, 0.25) is 0 Å². The van der Waals surface area contributed by atoms with Crippen molar-refractivity contribution in [2.45, 2.75) is 4.90 Å². The maximum absolute atomic E-state index is 3.10. The second kappa shape index (κ2) is 4.69. The van der Waals surface area contributed by atoms with Crippen LogP contribution in [0.3, 0.4) is 0 Å². The molecule has 1 aromatic carbocycles. The molecule has 1 rings (SSSR count). The minimum Gasteiger partial charge on any atom is -0.142 e. The number of benzene rings is 1. The predicted molar refractivity (Wildman–Crippen MR) is 49.1 cm³/mol. The van der Waals surface area contributed by atoms with Gasteiger partial charge in [0.15, 0.2) is 0 Å². The zero-order valence-corrected chi connectivity index (χ0v) is 7.34. The van der Waals surface area contributed by atoms with Gasteiger partial charge in [-0.1, -0.05) is 18.2 Å². The molecule has 0 heterocycles. The van der Waals surface area contributed by atoms with Crippen LogP contribution in [0.25, 0.3) is 0 Å². The summed E-state index contributed by atoms with van der Waals surface area (Å²) in [6, 6.07) is 10.2. The molecule has 10 heavy (non-hydrogen) atoms. The molecule has 0 aromatic heterocycles. The molecule has 1 aromatic rings. The highest BCUT2D eigenvalue weighted by molar-refractivity contribution is 8.19. The van der Waals surface area contributed by atoms with Crippen LogP contribution in [0.5, 0.6) is 0 Å². The molecule has 0 saturated heterocycles. The van der Waals surface area contributed by atoms with E-state index in [9.17, 15) is 0 Å². The van der Waals surface area contributed by atoms with E-state index in [-0.39, 0.29) is 0 Å². The van der Waals surface area contributed by atoms with E-state index in [1.165, 1.54) is 4.90 Å². The fourth-order valence-corrected chi connectivity index (χ4v) is 1.59. The van der Waals surface area contributed by atoms with Gasteiger partial charge in [0.05, 0.1) is 0 Å². The van der Waals surface area contributed by atoms with Crippen LogP contribution in [-0.4, -0.2) is 6.26 Å². The van der Waals surface area contributed by atoms with Gasteiger partial charge in [-0.15, -0.1) is 23.5 Å². The molecule has 0 amide bonds. The summed E-state index contributed by atoms with van der Waals surface area (Å²) in [6.45, 7) is 0. The van der Waals surface area contributed by atoms with E-state index < -0.39 is 0 Å². The van der Waals surface area contributed by atoms with Crippen molar-refractivity contribution in [3.63, 3.8) is 0 Å². The van der Waals surface area contributed by atoms with Crippen LogP contribution in [0.4, 0.5) is 0 Å². The molecule has 2 radical (unpaired) electrons. The first-order valence-electron chi connectivity index (χ1n) is 2.93. The summed E-state index contributed by atoms with van der Waals surface area (Å²) in [4.78, 5) is 1.25. The first-order chi connectivity index (χ1) is 4.93. The lowest BCUT2D eigenvalue weighted by molar-refractivity contribution is 1.47. The van der Waals surface area contributed by atoms with Crippen LogP contribution in [0.1, 0.15) is 0 Å². The molecule has 0 fully saturated rings. The van der Waals surface area contributed by atoms with Crippen molar-refractivity contribution in [1.82, 2.24) is 0 Å². The zero-order chi connectivity index (χ0) is 7.23. The Balaban J connectivity index is 2.43. The number of rotatable bonds is 3. The normalized spacial score (nSPS) is 9.70. The topological polar surface area (TPSA) is 0 Å². The van der Waals surface area contributed by atoms with Crippen LogP contribution >= 0.6 is 23.5 Å². The van der Waals surface area contributed by atoms with E-state index >= 15 is 0 Å². The van der Waals surface area contributed by atoms with Crippen LogP contribution in [0.2, 0.25) is 0 Å². The maximum Gasteiger partial charge on any atom is 0.118 e. The summed E-state index contributed by atoms with van der Waals surface area (Å²) in [5.41, 5.74) is 0. The molecule has 0 atom stereocenters. The standard InChI is InChI=1S/C8H8S2/c1-9-7-10-8-5-3-2-4-6-8/h2-6H,1H3. The lowest BCUT2D eigenvalue weighted by atomic mass is 10.4.